The minimum absolute atomic E-state index is 0.527. The average Bonchev–Trinajstić information content (AvgIpc) is 2.69. The van der Waals surface area contributed by atoms with Crippen molar-refractivity contribution >= 4 is 22.1 Å². The number of nitrogens with zero attached hydrogens (tertiary/aromatic N) is 3. The number of likely N-dealkylation sites (N-methyl/N-ethyl adjacent to an activating group) is 1. The van der Waals surface area contributed by atoms with Crippen LogP contribution < -0.4 is 10.6 Å². The molecule has 3 rings (SSSR count). The van der Waals surface area contributed by atoms with E-state index < -0.39 is 0 Å². The Bertz CT molecular complexity index is 625. The molecular formula is C17H24N4. The molecular weight excluding hydrogens is 260 g/mol. The molecule has 2 heterocycles. The molecule has 2 aromatic rings. The van der Waals surface area contributed by atoms with E-state index in [2.05, 4.69) is 40.9 Å². The van der Waals surface area contributed by atoms with Gasteiger partial charge in [-0.05, 0) is 38.6 Å². The molecule has 0 saturated carbocycles. The predicted molar refractivity (Wildman–Crippen MR) is 89.7 cm³/mol. The van der Waals surface area contributed by atoms with Crippen LogP contribution in [0, 0.1) is 0 Å². The van der Waals surface area contributed by atoms with Crippen molar-refractivity contribution in [2.45, 2.75) is 25.8 Å². The fraction of sp³-hybridized carbons (Fsp3) is 0.471. The molecule has 1 aromatic carbocycles. The number of benzene rings is 1. The maximum Gasteiger partial charge on any atom is 0.0632 e. The number of rotatable bonds is 2. The third-order valence-corrected chi connectivity index (χ3v) is 4.52. The molecule has 1 atom stereocenters. The molecule has 1 aromatic heterocycles. The van der Waals surface area contributed by atoms with E-state index in [1.165, 1.54) is 12.1 Å². The zero-order chi connectivity index (χ0) is 14.8. The van der Waals surface area contributed by atoms with Crippen LogP contribution >= 0.6 is 0 Å². The molecule has 0 amide bonds. The Morgan fingerprint density at radius 3 is 2.95 bits per heavy atom. The molecule has 1 aliphatic heterocycles. The maximum atomic E-state index is 6.47. The fourth-order valence-electron chi connectivity index (χ4n) is 3.34. The van der Waals surface area contributed by atoms with Crippen molar-refractivity contribution in [3.63, 3.8) is 0 Å². The van der Waals surface area contributed by atoms with Gasteiger partial charge in [-0.15, -0.1) is 0 Å². The highest BCUT2D eigenvalue weighted by atomic mass is 15.2. The van der Waals surface area contributed by atoms with Gasteiger partial charge in [-0.25, -0.2) is 0 Å². The van der Waals surface area contributed by atoms with Gasteiger partial charge in [-0.3, -0.25) is 4.98 Å². The largest absolute Gasteiger partial charge is 0.397 e. The minimum atomic E-state index is 0.527. The van der Waals surface area contributed by atoms with Gasteiger partial charge >= 0.3 is 0 Å². The van der Waals surface area contributed by atoms with Crippen LogP contribution in [-0.2, 0) is 0 Å². The number of hydrogen-bond donors (Lipinski definition) is 1. The average molecular weight is 284 g/mol. The molecule has 1 aliphatic rings. The summed E-state index contributed by atoms with van der Waals surface area (Å²) in [6, 6.07) is 6.83. The molecule has 0 aliphatic carbocycles. The molecule has 1 fully saturated rings. The van der Waals surface area contributed by atoms with Crippen molar-refractivity contribution in [3.05, 3.63) is 30.6 Å². The van der Waals surface area contributed by atoms with Gasteiger partial charge in [0, 0.05) is 42.3 Å². The summed E-state index contributed by atoms with van der Waals surface area (Å²) in [5, 5.41) is 2.22. The lowest BCUT2D eigenvalue weighted by Gasteiger charge is -2.33. The van der Waals surface area contributed by atoms with E-state index in [4.69, 9.17) is 5.73 Å². The van der Waals surface area contributed by atoms with Crippen molar-refractivity contribution in [1.29, 1.82) is 0 Å². The van der Waals surface area contributed by atoms with Gasteiger partial charge in [-0.2, -0.15) is 0 Å². The topological polar surface area (TPSA) is 45.4 Å². The summed E-state index contributed by atoms with van der Waals surface area (Å²) in [6.07, 6.45) is 6.01. The second-order valence-electron chi connectivity index (χ2n) is 5.97. The first kappa shape index (κ1) is 14.1. The SMILES string of the molecule is CCC1CN(C)CCCN1c1ccc2cnccc2c1N. The summed E-state index contributed by atoms with van der Waals surface area (Å²) in [6.45, 7) is 5.59. The summed E-state index contributed by atoms with van der Waals surface area (Å²) in [5.41, 5.74) is 8.53. The van der Waals surface area contributed by atoms with E-state index in [1.54, 1.807) is 0 Å². The number of anilines is 2. The first-order valence-electron chi connectivity index (χ1n) is 7.78. The standard InChI is InChI=1S/C17H24N4/c1-3-14-12-20(2)9-4-10-21(14)16-6-5-13-11-19-8-7-15(13)17(16)18/h5-8,11,14H,3-4,9-10,12,18H2,1-2H3. The molecule has 0 radical (unpaired) electrons. The molecule has 0 spiro atoms. The van der Waals surface area contributed by atoms with Gasteiger partial charge in [0.2, 0.25) is 0 Å². The molecule has 1 unspecified atom stereocenters. The number of pyridine rings is 1. The number of hydrogen-bond acceptors (Lipinski definition) is 4. The monoisotopic (exact) mass is 284 g/mol. The van der Waals surface area contributed by atoms with Crippen molar-refractivity contribution in [1.82, 2.24) is 9.88 Å². The van der Waals surface area contributed by atoms with Crippen LogP contribution in [0.5, 0.6) is 0 Å². The number of aromatic nitrogens is 1. The van der Waals surface area contributed by atoms with E-state index in [0.29, 0.717) is 6.04 Å². The van der Waals surface area contributed by atoms with Crippen LogP contribution in [0.4, 0.5) is 11.4 Å². The Labute approximate surface area is 126 Å². The van der Waals surface area contributed by atoms with Gasteiger partial charge in [0.05, 0.1) is 11.4 Å². The van der Waals surface area contributed by atoms with Gasteiger partial charge in [0.1, 0.15) is 0 Å². The zero-order valence-corrected chi connectivity index (χ0v) is 12.9. The Hall–Kier alpha value is -1.81. The van der Waals surface area contributed by atoms with Crippen LogP contribution in [-0.4, -0.2) is 42.6 Å². The number of nitrogens with two attached hydrogens (primary N) is 1. The second kappa shape index (κ2) is 5.90. The lowest BCUT2D eigenvalue weighted by molar-refractivity contribution is 0.328. The van der Waals surface area contributed by atoms with E-state index in [9.17, 15) is 0 Å². The normalized spacial score (nSPS) is 20.7. The summed E-state index contributed by atoms with van der Waals surface area (Å²) in [5.74, 6) is 0. The lowest BCUT2D eigenvalue weighted by atomic mass is 10.1. The van der Waals surface area contributed by atoms with Crippen molar-refractivity contribution in [3.8, 4) is 0 Å². The van der Waals surface area contributed by atoms with E-state index in [0.717, 1.165) is 42.5 Å². The zero-order valence-electron chi connectivity index (χ0n) is 12.9. The number of nitrogen functional groups attached to an aromatic ring is 1. The third-order valence-electron chi connectivity index (χ3n) is 4.52. The van der Waals surface area contributed by atoms with Crippen molar-refractivity contribution in [2.24, 2.45) is 0 Å². The maximum absolute atomic E-state index is 6.47. The van der Waals surface area contributed by atoms with Gasteiger partial charge in [0.15, 0.2) is 0 Å². The molecule has 2 N–H and O–H groups in total. The molecule has 1 saturated heterocycles. The van der Waals surface area contributed by atoms with E-state index >= 15 is 0 Å². The molecule has 4 nitrogen and oxygen atoms in total. The summed E-state index contributed by atoms with van der Waals surface area (Å²) >= 11 is 0. The van der Waals surface area contributed by atoms with Crippen molar-refractivity contribution in [2.75, 3.05) is 37.3 Å². The predicted octanol–water partition coefficient (Wildman–Crippen LogP) is 2.74. The van der Waals surface area contributed by atoms with Crippen LogP contribution in [0.2, 0.25) is 0 Å². The van der Waals surface area contributed by atoms with Crippen molar-refractivity contribution < 1.29 is 0 Å². The van der Waals surface area contributed by atoms with Gasteiger partial charge in [0.25, 0.3) is 0 Å². The Morgan fingerprint density at radius 2 is 2.14 bits per heavy atom. The lowest BCUT2D eigenvalue weighted by Crippen LogP contribution is -2.40. The highest BCUT2D eigenvalue weighted by Crippen LogP contribution is 2.33. The highest BCUT2D eigenvalue weighted by molar-refractivity contribution is 5.98. The van der Waals surface area contributed by atoms with Gasteiger partial charge < -0.3 is 15.5 Å². The molecule has 0 bridgehead atoms. The van der Waals surface area contributed by atoms with E-state index in [1.807, 2.05) is 18.5 Å². The van der Waals surface area contributed by atoms with Crippen LogP contribution in [0.15, 0.2) is 30.6 Å². The Kier molecular flexibility index (Phi) is 3.97. The second-order valence-corrected chi connectivity index (χ2v) is 5.97. The minimum Gasteiger partial charge on any atom is -0.397 e. The van der Waals surface area contributed by atoms with Crippen LogP contribution in [0.25, 0.3) is 10.8 Å². The molecule has 4 heteroatoms. The van der Waals surface area contributed by atoms with Crippen LogP contribution in [0.1, 0.15) is 19.8 Å². The highest BCUT2D eigenvalue weighted by Gasteiger charge is 2.24. The summed E-state index contributed by atoms with van der Waals surface area (Å²) < 4.78 is 0. The molecule has 112 valence electrons. The Morgan fingerprint density at radius 1 is 1.29 bits per heavy atom. The smallest absolute Gasteiger partial charge is 0.0632 e. The molecule has 21 heavy (non-hydrogen) atoms. The summed E-state index contributed by atoms with van der Waals surface area (Å²) in [7, 11) is 2.21. The first-order valence-corrected chi connectivity index (χ1v) is 7.78. The third kappa shape index (κ3) is 2.68. The van der Waals surface area contributed by atoms with Gasteiger partial charge in [-0.1, -0.05) is 13.0 Å². The van der Waals surface area contributed by atoms with E-state index in [-0.39, 0.29) is 0 Å². The first-order chi connectivity index (χ1) is 10.2. The Balaban J connectivity index is 2.03. The quantitative estimate of drug-likeness (QED) is 0.861. The van der Waals surface area contributed by atoms with Crippen LogP contribution in [0.3, 0.4) is 0 Å². The number of fused-ring (bicyclic) bond motifs is 1. The fourth-order valence-corrected chi connectivity index (χ4v) is 3.34. The summed E-state index contributed by atoms with van der Waals surface area (Å²) in [4.78, 5) is 9.10.